The van der Waals surface area contributed by atoms with Crippen molar-refractivity contribution >= 4 is 46.1 Å². The van der Waals surface area contributed by atoms with Crippen LogP contribution in [0.5, 0.6) is 11.5 Å². The van der Waals surface area contributed by atoms with E-state index in [1.807, 2.05) is 56.3 Å². The second-order valence-corrected chi connectivity index (χ2v) is 11.6. The molecule has 218 valence electrons. The van der Waals surface area contributed by atoms with E-state index >= 15 is 0 Å². The fourth-order valence-corrected chi connectivity index (χ4v) is 6.03. The lowest BCUT2D eigenvalue weighted by Crippen LogP contribution is -2.29. The van der Waals surface area contributed by atoms with Gasteiger partial charge in [0.2, 0.25) is 0 Å². The van der Waals surface area contributed by atoms with Crippen molar-refractivity contribution in [2.45, 2.75) is 46.7 Å². The van der Waals surface area contributed by atoms with Crippen LogP contribution in [0.25, 0.3) is 6.08 Å². The number of nitrogens with zero attached hydrogens (tertiary/aromatic N) is 3. The maximum absolute atomic E-state index is 13.5. The standard InChI is InChI=1S/C32H34N4O4S2/c1-6-15-35-29(34-14-13-22-11-12-26(39-4)27(16-22)40-5)24(21(3)25(18-33)30(35)37)17-28-31(38)36(32(41)42-28)19-23-9-7-20(2)8-10-23/h7-12,16-17,34H,6,13-15,19H2,1-5H3/b28-17+. The summed E-state index contributed by atoms with van der Waals surface area (Å²) in [6, 6.07) is 15.8. The summed E-state index contributed by atoms with van der Waals surface area (Å²) in [6.07, 6.45) is 3.09. The SMILES string of the molecule is CCCn1c(NCCc2ccc(OC)c(OC)c2)c(/C=C2/SC(=S)N(Cc3ccc(C)cc3)C2=O)c(C)c(C#N)c1=O. The minimum absolute atomic E-state index is 0.0651. The average Bonchev–Trinajstić information content (AvgIpc) is 3.25. The van der Waals surface area contributed by atoms with E-state index in [1.54, 1.807) is 36.7 Å². The van der Waals surface area contributed by atoms with Crippen LogP contribution >= 0.6 is 24.0 Å². The summed E-state index contributed by atoms with van der Waals surface area (Å²) in [4.78, 5) is 28.9. The van der Waals surface area contributed by atoms with Crippen LogP contribution in [-0.4, -0.2) is 40.5 Å². The second-order valence-electron chi connectivity index (χ2n) is 9.95. The number of nitriles is 1. The zero-order valence-electron chi connectivity index (χ0n) is 24.4. The van der Waals surface area contributed by atoms with Crippen molar-refractivity contribution in [1.82, 2.24) is 9.47 Å². The number of rotatable bonds is 11. The molecule has 1 aromatic heterocycles. The third kappa shape index (κ3) is 6.53. The second kappa shape index (κ2) is 13.7. The highest BCUT2D eigenvalue weighted by Gasteiger charge is 2.33. The molecule has 10 heteroatoms. The highest BCUT2D eigenvalue weighted by Crippen LogP contribution is 2.36. The molecule has 0 bridgehead atoms. The summed E-state index contributed by atoms with van der Waals surface area (Å²) >= 11 is 6.81. The molecule has 0 radical (unpaired) electrons. The lowest BCUT2D eigenvalue weighted by Gasteiger charge is -2.20. The first kappa shape index (κ1) is 30.9. The van der Waals surface area contributed by atoms with E-state index in [0.717, 1.165) is 16.7 Å². The van der Waals surface area contributed by atoms with Crippen LogP contribution in [0.2, 0.25) is 0 Å². The summed E-state index contributed by atoms with van der Waals surface area (Å²) < 4.78 is 12.8. The van der Waals surface area contributed by atoms with Crippen LogP contribution in [-0.2, 0) is 24.3 Å². The van der Waals surface area contributed by atoms with Gasteiger partial charge in [-0.2, -0.15) is 5.26 Å². The zero-order chi connectivity index (χ0) is 30.4. The first-order chi connectivity index (χ1) is 20.2. The fourth-order valence-electron chi connectivity index (χ4n) is 4.80. The van der Waals surface area contributed by atoms with Crippen molar-refractivity contribution in [2.24, 2.45) is 0 Å². The van der Waals surface area contributed by atoms with Crippen molar-refractivity contribution in [3.63, 3.8) is 0 Å². The Labute approximate surface area is 255 Å². The number of hydrogen-bond donors (Lipinski definition) is 1. The number of ether oxygens (including phenoxy) is 2. The molecule has 1 aliphatic rings. The number of aromatic nitrogens is 1. The predicted molar refractivity (Wildman–Crippen MR) is 172 cm³/mol. The first-order valence-electron chi connectivity index (χ1n) is 13.7. The molecule has 1 fully saturated rings. The normalized spacial score (nSPS) is 13.9. The van der Waals surface area contributed by atoms with E-state index in [0.29, 0.717) is 70.1 Å². The van der Waals surface area contributed by atoms with Gasteiger partial charge in [-0.3, -0.25) is 19.1 Å². The zero-order valence-corrected chi connectivity index (χ0v) is 26.1. The van der Waals surface area contributed by atoms with Crippen molar-refractivity contribution in [1.29, 1.82) is 5.26 Å². The van der Waals surface area contributed by atoms with Crippen molar-refractivity contribution in [2.75, 3.05) is 26.1 Å². The quantitative estimate of drug-likeness (QED) is 0.217. The van der Waals surface area contributed by atoms with Gasteiger partial charge in [-0.15, -0.1) is 0 Å². The lowest BCUT2D eigenvalue weighted by atomic mass is 10.0. The Balaban J connectivity index is 1.69. The van der Waals surface area contributed by atoms with E-state index in [9.17, 15) is 14.9 Å². The number of nitrogens with one attached hydrogen (secondary N) is 1. The number of amides is 1. The highest BCUT2D eigenvalue weighted by molar-refractivity contribution is 8.26. The molecule has 42 heavy (non-hydrogen) atoms. The van der Waals surface area contributed by atoms with Gasteiger partial charge in [0.25, 0.3) is 11.5 Å². The molecule has 0 unspecified atom stereocenters. The summed E-state index contributed by atoms with van der Waals surface area (Å²) in [7, 11) is 3.19. The molecule has 0 spiro atoms. The van der Waals surface area contributed by atoms with Gasteiger partial charge in [0, 0.05) is 18.7 Å². The van der Waals surface area contributed by atoms with Crippen LogP contribution in [0, 0.1) is 25.2 Å². The van der Waals surface area contributed by atoms with Gasteiger partial charge < -0.3 is 14.8 Å². The first-order valence-corrected chi connectivity index (χ1v) is 14.9. The Morgan fingerprint density at radius 1 is 1.05 bits per heavy atom. The van der Waals surface area contributed by atoms with Gasteiger partial charge in [-0.1, -0.05) is 66.8 Å². The van der Waals surface area contributed by atoms with E-state index in [2.05, 4.69) is 11.4 Å². The summed E-state index contributed by atoms with van der Waals surface area (Å²) in [5.74, 6) is 1.66. The third-order valence-electron chi connectivity index (χ3n) is 7.09. The number of carbonyl (C=O) groups is 1. The van der Waals surface area contributed by atoms with Crippen molar-refractivity contribution in [3.8, 4) is 17.6 Å². The van der Waals surface area contributed by atoms with E-state index < -0.39 is 0 Å². The van der Waals surface area contributed by atoms with Crippen LogP contribution in [0.1, 0.15) is 46.7 Å². The van der Waals surface area contributed by atoms with Crippen molar-refractivity contribution < 1.29 is 14.3 Å². The van der Waals surface area contributed by atoms with Gasteiger partial charge in [0.05, 0.1) is 25.7 Å². The molecule has 4 rings (SSSR count). The topological polar surface area (TPSA) is 96.6 Å². The van der Waals surface area contributed by atoms with E-state index in [4.69, 9.17) is 21.7 Å². The van der Waals surface area contributed by atoms with Gasteiger partial charge in [0.15, 0.2) is 11.5 Å². The maximum atomic E-state index is 13.5. The number of thioether (sulfide) groups is 1. The molecular weight excluding hydrogens is 569 g/mol. The molecule has 1 amide bonds. The van der Waals surface area contributed by atoms with E-state index in [-0.39, 0.29) is 17.0 Å². The monoisotopic (exact) mass is 602 g/mol. The smallest absolute Gasteiger partial charge is 0.270 e. The van der Waals surface area contributed by atoms with Crippen LogP contribution in [0.15, 0.2) is 52.2 Å². The largest absolute Gasteiger partial charge is 0.493 e. The summed E-state index contributed by atoms with van der Waals surface area (Å²) in [6.45, 7) is 7.02. The lowest BCUT2D eigenvalue weighted by molar-refractivity contribution is -0.122. The Hall–Kier alpha value is -4.07. The molecule has 8 nitrogen and oxygen atoms in total. The molecule has 0 atom stereocenters. The minimum atomic E-state index is -0.352. The van der Waals surface area contributed by atoms with Crippen LogP contribution in [0.4, 0.5) is 5.82 Å². The van der Waals surface area contributed by atoms with E-state index in [1.165, 1.54) is 11.8 Å². The molecule has 1 N–H and O–H groups in total. The maximum Gasteiger partial charge on any atom is 0.270 e. The number of thiocarbonyl (C=S) groups is 1. The number of aryl methyl sites for hydroxylation is 1. The van der Waals surface area contributed by atoms with Crippen LogP contribution in [0.3, 0.4) is 0 Å². The number of methoxy groups -OCH3 is 2. The van der Waals surface area contributed by atoms with Crippen molar-refractivity contribution in [3.05, 3.63) is 91.1 Å². The average molecular weight is 603 g/mol. The van der Waals surface area contributed by atoms with Gasteiger partial charge >= 0.3 is 0 Å². The number of hydrogen-bond acceptors (Lipinski definition) is 8. The Morgan fingerprint density at radius 2 is 1.74 bits per heavy atom. The van der Waals surface area contributed by atoms with Gasteiger partial charge in [0.1, 0.15) is 21.8 Å². The van der Waals surface area contributed by atoms with Gasteiger partial charge in [-0.05, 0) is 61.6 Å². The fraction of sp³-hybridized carbons (Fsp3) is 0.312. The molecule has 1 aliphatic heterocycles. The third-order valence-corrected chi connectivity index (χ3v) is 8.46. The Kier molecular flexibility index (Phi) is 10.1. The predicted octanol–water partition coefficient (Wildman–Crippen LogP) is 5.82. The van der Waals surface area contributed by atoms with Crippen LogP contribution < -0.4 is 20.3 Å². The number of carbonyl (C=O) groups excluding carboxylic acids is 1. The number of pyridine rings is 1. The molecule has 0 aliphatic carbocycles. The molecule has 2 heterocycles. The highest BCUT2D eigenvalue weighted by atomic mass is 32.2. The Morgan fingerprint density at radius 3 is 2.38 bits per heavy atom. The number of benzene rings is 2. The van der Waals surface area contributed by atoms with Gasteiger partial charge in [-0.25, -0.2) is 0 Å². The molecule has 2 aromatic carbocycles. The summed E-state index contributed by atoms with van der Waals surface area (Å²) in [5, 5.41) is 13.3. The molecule has 1 saturated heterocycles. The Bertz CT molecular complexity index is 1640. The molecule has 3 aromatic rings. The number of anilines is 1. The summed E-state index contributed by atoms with van der Waals surface area (Å²) in [5.41, 5.74) is 4.00. The molecular formula is C32H34N4O4S2. The minimum Gasteiger partial charge on any atom is -0.493 e. The molecule has 0 saturated carbocycles.